The third-order valence-corrected chi connectivity index (χ3v) is 4.93. The van der Waals surface area contributed by atoms with Crippen LogP contribution >= 0.6 is 11.6 Å². The fourth-order valence-corrected chi connectivity index (χ4v) is 3.39. The largest absolute Gasteiger partial charge is 0.465 e. The quantitative estimate of drug-likeness (QED) is 0.450. The van der Waals surface area contributed by atoms with E-state index in [9.17, 15) is 19.7 Å². The van der Waals surface area contributed by atoms with E-state index >= 15 is 0 Å². The number of piperidine rings is 1. The van der Waals surface area contributed by atoms with Gasteiger partial charge in [0.15, 0.2) is 0 Å². The summed E-state index contributed by atoms with van der Waals surface area (Å²) in [5, 5.41) is 14.3. The zero-order chi connectivity index (χ0) is 21.0. The van der Waals surface area contributed by atoms with Crippen LogP contribution in [0.25, 0.3) is 0 Å². The molecule has 1 amide bonds. The molecule has 29 heavy (non-hydrogen) atoms. The van der Waals surface area contributed by atoms with Crippen LogP contribution in [0.4, 0.5) is 17.2 Å². The lowest BCUT2D eigenvalue weighted by atomic mass is 9.95. The van der Waals surface area contributed by atoms with Crippen LogP contribution < -0.4 is 10.2 Å². The molecule has 1 aliphatic rings. The first-order chi connectivity index (χ1) is 13.9. The minimum Gasteiger partial charge on any atom is -0.465 e. The lowest BCUT2D eigenvalue weighted by molar-refractivity contribution is -0.384. The molecule has 3 rings (SSSR count). The maximum Gasteiger partial charge on any atom is 0.340 e. The standard InChI is InChI=1S/C19H19ClN4O5/c1-29-19(26)15-9-14(24(27)28)5-6-16(15)23-8-2-3-12(11-23)18(25)22-17-7-4-13(20)10-21-17/h4-7,9-10,12H,2-3,8,11H2,1H3,(H,21,22,25). The summed E-state index contributed by atoms with van der Waals surface area (Å²) in [7, 11) is 1.22. The number of non-ortho nitro benzene ring substituents is 1. The number of nitro groups is 1. The average molecular weight is 419 g/mol. The van der Waals surface area contributed by atoms with E-state index in [-0.39, 0.29) is 23.1 Å². The maximum atomic E-state index is 12.7. The lowest BCUT2D eigenvalue weighted by Crippen LogP contribution is -2.41. The van der Waals surface area contributed by atoms with Crippen LogP contribution in [-0.2, 0) is 9.53 Å². The van der Waals surface area contributed by atoms with E-state index in [2.05, 4.69) is 10.3 Å². The van der Waals surface area contributed by atoms with Crippen molar-refractivity contribution >= 4 is 40.7 Å². The molecule has 0 aliphatic carbocycles. The van der Waals surface area contributed by atoms with Gasteiger partial charge >= 0.3 is 5.97 Å². The molecule has 0 bridgehead atoms. The monoisotopic (exact) mass is 418 g/mol. The number of carbonyl (C=O) groups is 2. The normalized spacial score (nSPS) is 16.2. The van der Waals surface area contributed by atoms with Crippen molar-refractivity contribution in [1.29, 1.82) is 0 Å². The highest BCUT2D eigenvalue weighted by atomic mass is 35.5. The number of nitrogens with zero attached hydrogens (tertiary/aromatic N) is 3. The number of methoxy groups -OCH3 is 1. The maximum absolute atomic E-state index is 12.7. The summed E-state index contributed by atoms with van der Waals surface area (Å²) < 4.78 is 4.78. The van der Waals surface area contributed by atoms with E-state index in [4.69, 9.17) is 16.3 Å². The van der Waals surface area contributed by atoms with Crippen molar-refractivity contribution in [2.75, 3.05) is 30.4 Å². The number of esters is 1. The SMILES string of the molecule is COC(=O)c1cc([N+](=O)[O-])ccc1N1CCCC(C(=O)Nc2ccc(Cl)cn2)C1. The molecule has 0 spiro atoms. The Kier molecular flexibility index (Phi) is 6.28. The number of aromatic nitrogens is 1. The van der Waals surface area contributed by atoms with Gasteiger partial charge in [0.2, 0.25) is 5.91 Å². The molecule has 2 aromatic rings. The number of anilines is 2. The Labute approximate surface area is 171 Å². The smallest absolute Gasteiger partial charge is 0.340 e. The van der Waals surface area contributed by atoms with Crippen molar-refractivity contribution in [2.45, 2.75) is 12.8 Å². The Morgan fingerprint density at radius 3 is 2.79 bits per heavy atom. The van der Waals surface area contributed by atoms with E-state index < -0.39 is 10.9 Å². The fraction of sp³-hybridized carbons (Fsp3) is 0.316. The van der Waals surface area contributed by atoms with Crippen LogP contribution in [0.15, 0.2) is 36.5 Å². The van der Waals surface area contributed by atoms with Crippen molar-refractivity contribution in [3.8, 4) is 0 Å². The second kappa shape index (κ2) is 8.87. The molecule has 1 N–H and O–H groups in total. The van der Waals surface area contributed by atoms with Gasteiger partial charge in [-0.3, -0.25) is 14.9 Å². The summed E-state index contributed by atoms with van der Waals surface area (Å²) in [5.41, 5.74) is 0.404. The molecule has 1 aliphatic heterocycles. The van der Waals surface area contributed by atoms with E-state index in [1.54, 1.807) is 12.1 Å². The van der Waals surface area contributed by atoms with Crippen molar-refractivity contribution in [3.05, 3.63) is 57.2 Å². The van der Waals surface area contributed by atoms with Gasteiger partial charge in [-0.15, -0.1) is 0 Å². The number of benzene rings is 1. The fourth-order valence-electron chi connectivity index (χ4n) is 3.27. The predicted octanol–water partition coefficient (Wildman–Crippen LogP) is 3.28. The molecule has 1 saturated heterocycles. The zero-order valence-corrected chi connectivity index (χ0v) is 16.4. The van der Waals surface area contributed by atoms with Crippen LogP contribution in [-0.4, -0.2) is 42.0 Å². The van der Waals surface area contributed by atoms with Gasteiger partial charge in [-0.1, -0.05) is 11.6 Å². The van der Waals surface area contributed by atoms with E-state index in [1.807, 2.05) is 4.90 Å². The topological polar surface area (TPSA) is 115 Å². The Hall–Kier alpha value is -3.20. The Balaban J connectivity index is 1.79. The molecular formula is C19H19ClN4O5. The molecule has 1 atom stereocenters. The molecule has 1 aromatic carbocycles. The highest BCUT2D eigenvalue weighted by Gasteiger charge is 2.29. The first-order valence-corrected chi connectivity index (χ1v) is 9.31. The Morgan fingerprint density at radius 1 is 1.34 bits per heavy atom. The number of amides is 1. The minimum absolute atomic E-state index is 0.0992. The van der Waals surface area contributed by atoms with Crippen molar-refractivity contribution < 1.29 is 19.2 Å². The van der Waals surface area contributed by atoms with Gasteiger partial charge in [-0.05, 0) is 31.0 Å². The van der Waals surface area contributed by atoms with Gasteiger partial charge in [0.25, 0.3) is 5.69 Å². The van der Waals surface area contributed by atoms with Crippen molar-refractivity contribution in [3.63, 3.8) is 0 Å². The summed E-state index contributed by atoms with van der Waals surface area (Å²) in [6.45, 7) is 0.978. The first-order valence-electron chi connectivity index (χ1n) is 8.93. The number of carbonyl (C=O) groups excluding carboxylic acids is 2. The summed E-state index contributed by atoms with van der Waals surface area (Å²) >= 11 is 5.81. The number of nitro benzene ring substituents is 1. The number of hydrogen-bond acceptors (Lipinski definition) is 7. The predicted molar refractivity (Wildman–Crippen MR) is 107 cm³/mol. The van der Waals surface area contributed by atoms with Crippen LogP contribution in [0, 0.1) is 16.0 Å². The van der Waals surface area contributed by atoms with E-state index in [0.29, 0.717) is 36.0 Å². The number of nitrogens with one attached hydrogen (secondary N) is 1. The summed E-state index contributed by atoms with van der Waals surface area (Å²) in [6, 6.07) is 7.31. The third kappa shape index (κ3) is 4.80. The summed E-state index contributed by atoms with van der Waals surface area (Å²) in [5.74, 6) is -0.782. The number of rotatable bonds is 5. The van der Waals surface area contributed by atoms with Gasteiger partial charge in [0.1, 0.15) is 5.82 Å². The van der Waals surface area contributed by atoms with E-state index in [0.717, 1.165) is 6.42 Å². The van der Waals surface area contributed by atoms with Gasteiger partial charge in [0.05, 0.1) is 34.2 Å². The number of hydrogen-bond donors (Lipinski definition) is 1. The molecule has 0 saturated carbocycles. The molecule has 10 heteroatoms. The second-order valence-electron chi connectivity index (χ2n) is 6.59. The molecule has 1 unspecified atom stereocenters. The number of ether oxygens (including phenoxy) is 1. The van der Waals surface area contributed by atoms with Gasteiger partial charge in [-0.2, -0.15) is 0 Å². The molecule has 1 aromatic heterocycles. The Morgan fingerprint density at radius 2 is 2.14 bits per heavy atom. The average Bonchev–Trinajstić information content (AvgIpc) is 2.74. The van der Waals surface area contributed by atoms with Crippen LogP contribution in [0.2, 0.25) is 5.02 Å². The highest BCUT2D eigenvalue weighted by Crippen LogP contribution is 2.30. The lowest BCUT2D eigenvalue weighted by Gasteiger charge is -2.34. The van der Waals surface area contributed by atoms with Crippen LogP contribution in [0.3, 0.4) is 0 Å². The molecule has 152 valence electrons. The summed E-state index contributed by atoms with van der Waals surface area (Å²) in [4.78, 5) is 41.3. The first kappa shape index (κ1) is 20.5. The van der Waals surface area contributed by atoms with Crippen LogP contribution in [0.5, 0.6) is 0 Å². The second-order valence-corrected chi connectivity index (χ2v) is 7.02. The van der Waals surface area contributed by atoms with Crippen molar-refractivity contribution in [1.82, 2.24) is 4.98 Å². The molecule has 2 heterocycles. The van der Waals surface area contributed by atoms with Gasteiger partial charge < -0.3 is 15.0 Å². The number of halogens is 1. The highest BCUT2D eigenvalue weighted by molar-refractivity contribution is 6.30. The molecular weight excluding hydrogens is 400 g/mol. The zero-order valence-electron chi connectivity index (χ0n) is 15.6. The van der Waals surface area contributed by atoms with Gasteiger partial charge in [0, 0.05) is 31.4 Å². The van der Waals surface area contributed by atoms with Crippen LogP contribution in [0.1, 0.15) is 23.2 Å². The van der Waals surface area contributed by atoms with E-state index in [1.165, 1.54) is 31.5 Å². The molecule has 0 radical (unpaired) electrons. The third-order valence-electron chi connectivity index (χ3n) is 4.71. The number of pyridine rings is 1. The molecule has 9 nitrogen and oxygen atoms in total. The minimum atomic E-state index is -0.666. The summed E-state index contributed by atoms with van der Waals surface area (Å²) in [6.07, 6.45) is 2.85. The molecule has 1 fully saturated rings. The van der Waals surface area contributed by atoms with Gasteiger partial charge in [-0.25, -0.2) is 9.78 Å². The van der Waals surface area contributed by atoms with Crippen molar-refractivity contribution in [2.24, 2.45) is 5.92 Å². The Bertz CT molecular complexity index is 935.